The molecule has 1 aliphatic heterocycles. The molecule has 5 nitrogen and oxygen atoms in total. The lowest BCUT2D eigenvalue weighted by Gasteiger charge is -2.45. The average Bonchev–Trinajstić information content (AvgIpc) is 3.13. The molecule has 5 heteroatoms. The summed E-state index contributed by atoms with van der Waals surface area (Å²) in [5.74, 6) is 2.03. The Bertz CT molecular complexity index is 1160. The molecule has 2 atom stereocenters. The quantitative estimate of drug-likeness (QED) is 0.677. The SMILES string of the molecule is COc1cccc([C@@H]2C[NH2+][C@]3(CC(=O)CC(C)(C)C3)c3[nH]c4ccccc4c32)c1OC. The fourth-order valence-electron chi connectivity index (χ4n) is 6.20. The first-order valence-corrected chi connectivity index (χ1v) is 11.1. The highest BCUT2D eigenvalue weighted by atomic mass is 16.5. The molecule has 0 unspecified atom stereocenters. The molecule has 1 aromatic heterocycles. The average molecular weight is 420 g/mol. The number of ketones is 1. The van der Waals surface area contributed by atoms with Gasteiger partial charge in [0.25, 0.3) is 0 Å². The number of hydrogen-bond acceptors (Lipinski definition) is 3. The maximum Gasteiger partial charge on any atom is 0.164 e. The van der Waals surface area contributed by atoms with Crippen molar-refractivity contribution in [3.63, 3.8) is 0 Å². The lowest BCUT2D eigenvalue weighted by atomic mass is 9.63. The van der Waals surface area contributed by atoms with Crippen LogP contribution in [0.4, 0.5) is 0 Å². The van der Waals surface area contributed by atoms with Gasteiger partial charge in [-0.1, -0.05) is 44.2 Å². The van der Waals surface area contributed by atoms with E-state index in [0.717, 1.165) is 35.5 Å². The molecule has 0 radical (unpaired) electrons. The number of quaternary nitrogens is 1. The first kappa shape index (κ1) is 20.1. The van der Waals surface area contributed by atoms with E-state index in [2.05, 4.69) is 54.5 Å². The second-order valence-electron chi connectivity index (χ2n) is 9.92. The van der Waals surface area contributed by atoms with E-state index < -0.39 is 0 Å². The molecule has 2 aliphatic rings. The van der Waals surface area contributed by atoms with E-state index >= 15 is 0 Å². The third-order valence-corrected chi connectivity index (χ3v) is 7.13. The van der Waals surface area contributed by atoms with Crippen LogP contribution >= 0.6 is 0 Å². The molecule has 5 rings (SSSR count). The number of ether oxygens (including phenoxy) is 2. The fourth-order valence-corrected chi connectivity index (χ4v) is 6.20. The van der Waals surface area contributed by atoms with Crippen molar-refractivity contribution in [2.45, 2.75) is 44.6 Å². The number of rotatable bonds is 3. The minimum absolute atomic E-state index is 0.0130. The van der Waals surface area contributed by atoms with Crippen molar-refractivity contribution in [3.05, 3.63) is 59.3 Å². The van der Waals surface area contributed by atoms with Crippen LogP contribution in [-0.2, 0) is 10.3 Å². The number of Topliss-reactive ketones (excluding diaryl/α,β-unsaturated/α-hetero) is 1. The third-order valence-electron chi connectivity index (χ3n) is 7.13. The van der Waals surface area contributed by atoms with E-state index in [0.29, 0.717) is 18.6 Å². The number of hydrogen-bond donors (Lipinski definition) is 2. The second-order valence-corrected chi connectivity index (χ2v) is 9.92. The molecular formula is C26H31N2O3+. The second kappa shape index (κ2) is 7.13. The zero-order valence-electron chi connectivity index (χ0n) is 18.7. The van der Waals surface area contributed by atoms with E-state index in [-0.39, 0.29) is 16.9 Å². The summed E-state index contributed by atoms with van der Waals surface area (Å²) >= 11 is 0. The number of aromatic nitrogens is 1. The van der Waals surface area contributed by atoms with Gasteiger partial charge < -0.3 is 19.8 Å². The topological polar surface area (TPSA) is 67.9 Å². The summed E-state index contributed by atoms with van der Waals surface area (Å²) in [5, 5.41) is 3.64. The number of fused-ring (bicyclic) bond motifs is 4. The number of methoxy groups -OCH3 is 2. The number of carbonyl (C=O) groups is 1. The molecule has 0 saturated heterocycles. The number of para-hydroxylation sites is 2. The molecule has 3 aromatic rings. The van der Waals surface area contributed by atoms with Crippen LogP contribution in [0.15, 0.2) is 42.5 Å². The predicted molar refractivity (Wildman–Crippen MR) is 121 cm³/mol. The Labute approximate surface area is 183 Å². The van der Waals surface area contributed by atoms with E-state index in [1.54, 1.807) is 14.2 Å². The molecule has 2 heterocycles. The van der Waals surface area contributed by atoms with Gasteiger partial charge >= 0.3 is 0 Å². The van der Waals surface area contributed by atoms with Crippen molar-refractivity contribution < 1.29 is 19.6 Å². The summed E-state index contributed by atoms with van der Waals surface area (Å²) in [7, 11) is 3.38. The number of carbonyl (C=O) groups excluding carboxylic acids is 1. The molecule has 1 spiro atoms. The van der Waals surface area contributed by atoms with Gasteiger partial charge in [-0.2, -0.15) is 0 Å². The van der Waals surface area contributed by atoms with Crippen LogP contribution in [0.1, 0.15) is 55.8 Å². The fraction of sp³-hybridized carbons (Fsp3) is 0.423. The lowest BCUT2D eigenvalue weighted by Crippen LogP contribution is -2.98. The van der Waals surface area contributed by atoms with Gasteiger partial charge in [-0.15, -0.1) is 0 Å². The van der Waals surface area contributed by atoms with Crippen LogP contribution in [0, 0.1) is 5.41 Å². The van der Waals surface area contributed by atoms with Crippen molar-refractivity contribution in [1.29, 1.82) is 0 Å². The molecule has 1 aliphatic carbocycles. The maximum atomic E-state index is 12.8. The zero-order chi connectivity index (χ0) is 21.8. The van der Waals surface area contributed by atoms with E-state index in [4.69, 9.17) is 9.47 Å². The van der Waals surface area contributed by atoms with Crippen molar-refractivity contribution in [2.24, 2.45) is 5.41 Å². The first-order chi connectivity index (χ1) is 14.9. The van der Waals surface area contributed by atoms with Crippen LogP contribution in [0.25, 0.3) is 10.9 Å². The molecule has 1 fully saturated rings. The van der Waals surface area contributed by atoms with E-state index in [1.807, 2.05) is 12.1 Å². The number of aromatic amines is 1. The van der Waals surface area contributed by atoms with Gasteiger partial charge in [0.2, 0.25) is 0 Å². The van der Waals surface area contributed by atoms with Crippen LogP contribution in [0.2, 0.25) is 0 Å². The number of benzene rings is 2. The Kier molecular flexibility index (Phi) is 4.63. The standard InChI is InChI=1S/C26H30N2O3/c1-25(2)12-16(29)13-26(15-25)24-22(18-8-5-6-10-20(18)28-24)19(14-27-26)17-9-7-11-21(30-3)23(17)31-4/h5-11,19,27-28H,12-15H2,1-4H3/p+1/t19-,26-/m0/s1. The molecule has 2 aromatic carbocycles. The van der Waals surface area contributed by atoms with Gasteiger partial charge in [0.05, 0.1) is 38.8 Å². The van der Waals surface area contributed by atoms with Gasteiger partial charge in [0.1, 0.15) is 11.3 Å². The molecule has 0 bridgehead atoms. The Morgan fingerprint density at radius 2 is 1.84 bits per heavy atom. The van der Waals surface area contributed by atoms with Crippen molar-refractivity contribution in [2.75, 3.05) is 20.8 Å². The normalized spacial score (nSPS) is 24.9. The third kappa shape index (κ3) is 3.14. The van der Waals surface area contributed by atoms with Gasteiger partial charge in [-0.25, -0.2) is 0 Å². The van der Waals surface area contributed by atoms with Crippen LogP contribution in [0.3, 0.4) is 0 Å². The predicted octanol–water partition coefficient (Wildman–Crippen LogP) is 3.87. The van der Waals surface area contributed by atoms with Crippen molar-refractivity contribution in [3.8, 4) is 11.5 Å². The van der Waals surface area contributed by atoms with Crippen LogP contribution < -0.4 is 14.8 Å². The summed E-state index contributed by atoms with van der Waals surface area (Å²) in [6.45, 7) is 5.31. The largest absolute Gasteiger partial charge is 0.493 e. The summed E-state index contributed by atoms with van der Waals surface area (Å²) in [6.07, 6.45) is 2.22. The van der Waals surface area contributed by atoms with Crippen molar-refractivity contribution in [1.82, 2.24) is 4.98 Å². The van der Waals surface area contributed by atoms with Gasteiger partial charge in [0.15, 0.2) is 11.5 Å². The smallest absolute Gasteiger partial charge is 0.164 e. The minimum Gasteiger partial charge on any atom is -0.493 e. The number of nitrogens with one attached hydrogen (secondary N) is 1. The Hall–Kier alpha value is -2.79. The minimum atomic E-state index is -0.240. The number of nitrogens with two attached hydrogens (primary N) is 1. The summed E-state index contributed by atoms with van der Waals surface area (Å²) in [4.78, 5) is 16.6. The molecule has 162 valence electrons. The van der Waals surface area contributed by atoms with Gasteiger partial charge in [0, 0.05) is 34.9 Å². The molecular weight excluding hydrogens is 388 g/mol. The Morgan fingerprint density at radius 3 is 2.58 bits per heavy atom. The maximum absolute atomic E-state index is 12.8. The highest BCUT2D eigenvalue weighted by Crippen LogP contribution is 2.49. The molecule has 1 saturated carbocycles. The first-order valence-electron chi connectivity index (χ1n) is 11.1. The summed E-state index contributed by atoms with van der Waals surface area (Å²) in [5.41, 5.74) is 4.51. The molecule has 0 amide bonds. The highest BCUT2D eigenvalue weighted by molar-refractivity contribution is 5.88. The number of H-pyrrole nitrogens is 1. The van der Waals surface area contributed by atoms with E-state index in [9.17, 15) is 4.79 Å². The lowest BCUT2D eigenvalue weighted by molar-refractivity contribution is -0.744. The van der Waals surface area contributed by atoms with Crippen molar-refractivity contribution >= 4 is 16.7 Å². The Morgan fingerprint density at radius 1 is 1.03 bits per heavy atom. The van der Waals surface area contributed by atoms with E-state index in [1.165, 1.54) is 16.6 Å². The van der Waals surface area contributed by atoms with Gasteiger partial charge in [-0.3, -0.25) is 4.79 Å². The molecule has 3 N–H and O–H groups in total. The monoisotopic (exact) mass is 419 g/mol. The van der Waals surface area contributed by atoms with Gasteiger partial charge in [-0.05, 0) is 17.5 Å². The van der Waals surface area contributed by atoms with Crippen LogP contribution in [0.5, 0.6) is 11.5 Å². The Balaban J connectivity index is 1.74. The highest BCUT2D eigenvalue weighted by Gasteiger charge is 2.53. The van der Waals surface area contributed by atoms with Crippen LogP contribution in [-0.4, -0.2) is 31.5 Å². The zero-order valence-corrected chi connectivity index (χ0v) is 18.7. The summed E-state index contributed by atoms with van der Waals surface area (Å²) < 4.78 is 11.4. The summed E-state index contributed by atoms with van der Waals surface area (Å²) in [6, 6.07) is 14.6. The molecule has 31 heavy (non-hydrogen) atoms.